The summed E-state index contributed by atoms with van der Waals surface area (Å²) in [5.74, 6) is -0.544. The molecule has 6 nitrogen and oxygen atoms in total. The fourth-order valence-electron chi connectivity index (χ4n) is 1.70. The predicted octanol–water partition coefficient (Wildman–Crippen LogP) is -0.831. The maximum atomic E-state index is 11.6. The van der Waals surface area contributed by atoms with E-state index < -0.39 is 11.6 Å². The molecule has 0 saturated carbocycles. The highest BCUT2D eigenvalue weighted by molar-refractivity contribution is 5.86. The van der Waals surface area contributed by atoms with Gasteiger partial charge in [0, 0.05) is 39.5 Å². The van der Waals surface area contributed by atoms with Crippen molar-refractivity contribution in [1.29, 1.82) is 0 Å². The van der Waals surface area contributed by atoms with Gasteiger partial charge < -0.3 is 20.5 Å². The predicted molar refractivity (Wildman–Crippen MR) is 61.3 cm³/mol. The summed E-state index contributed by atoms with van der Waals surface area (Å²) in [6.45, 7) is 4.17. The standard InChI is InChI=1S/C11H20N2O4/c1-8(13-9(2)14)10(15)12-7-11(16)3-5-17-6-4-11/h8,16H,3-7H2,1-2H3,(H,12,15)(H,13,14). The minimum atomic E-state index is -0.885. The maximum Gasteiger partial charge on any atom is 0.242 e. The van der Waals surface area contributed by atoms with E-state index in [1.165, 1.54) is 6.92 Å². The number of aliphatic hydroxyl groups is 1. The van der Waals surface area contributed by atoms with E-state index in [9.17, 15) is 14.7 Å². The number of nitrogens with one attached hydrogen (secondary N) is 2. The lowest BCUT2D eigenvalue weighted by molar-refractivity contribution is -0.129. The SMILES string of the molecule is CC(=O)NC(C)C(=O)NCC1(O)CCOCC1. The van der Waals surface area contributed by atoms with Crippen molar-refractivity contribution in [3.8, 4) is 0 Å². The summed E-state index contributed by atoms with van der Waals surface area (Å²) in [5.41, 5.74) is -0.885. The number of rotatable bonds is 4. The topological polar surface area (TPSA) is 87.7 Å². The Hall–Kier alpha value is -1.14. The Morgan fingerprint density at radius 3 is 2.53 bits per heavy atom. The summed E-state index contributed by atoms with van der Waals surface area (Å²) >= 11 is 0. The minimum absolute atomic E-state index is 0.194. The van der Waals surface area contributed by atoms with E-state index in [1.54, 1.807) is 6.92 Å². The lowest BCUT2D eigenvalue weighted by Gasteiger charge is -2.32. The molecule has 1 atom stereocenters. The molecule has 2 amide bonds. The average molecular weight is 244 g/mol. The largest absolute Gasteiger partial charge is 0.388 e. The zero-order chi connectivity index (χ0) is 12.9. The second kappa shape index (κ2) is 5.97. The van der Waals surface area contributed by atoms with Crippen LogP contribution in [0.5, 0.6) is 0 Å². The normalized spacial score (nSPS) is 20.4. The van der Waals surface area contributed by atoms with E-state index in [-0.39, 0.29) is 18.4 Å². The second-order valence-electron chi connectivity index (χ2n) is 4.48. The van der Waals surface area contributed by atoms with Crippen LogP contribution in [-0.2, 0) is 14.3 Å². The van der Waals surface area contributed by atoms with Gasteiger partial charge >= 0.3 is 0 Å². The lowest BCUT2D eigenvalue weighted by Crippen LogP contribution is -2.51. The third-order valence-corrected chi connectivity index (χ3v) is 2.83. The summed E-state index contributed by atoms with van der Waals surface area (Å²) in [6.07, 6.45) is 1.03. The molecular weight excluding hydrogens is 224 g/mol. The number of ether oxygens (including phenoxy) is 1. The minimum Gasteiger partial charge on any atom is -0.388 e. The van der Waals surface area contributed by atoms with Crippen molar-refractivity contribution in [2.45, 2.75) is 38.3 Å². The molecule has 0 aromatic heterocycles. The highest BCUT2D eigenvalue weighted by Gasteiger charge is 2.30. The molecule has 1 heterocycles. The fraction of sp³-hybridized carbons (Fsp3) is 0.818. The van der Waals surface area contributed by atoms with Crippen LogP contribution in [0.3, 0.4) is 0 Å². The van der Waals surface area contributed by atoms with E-state index in [4.69, 9.17) is 4.74 Å². The van der Waals surface area contributed by atoms with Crippen molar-refractivity contribution >= 4 is 11.8 Å². The molecule has 1 aliphatic heterocycles. The van der Waals surface area contributed by atoms with Gasteiger partial charge in [-0.1, -0.05) is 0 Å². The van der Waals surface area contributed by atoms with Crippen LogP contribution in [0.25, 0.3) is 0 Å². The van der Waals surface area contributed by atoms with Crippen LogP contribution in [0.1, 0.15) is 26.7 Å². The Labute approximate surface area is 101 Å². The summed E-state index contributed by atoms with van der Waals surface area (Å²) < 4.78 is 5.14. The van der Waals surface area contributed by atoms with Crippen molar-refractivity contribution in [2.75, 3.05) is 19.8 Å². The van der Waals surface area contributed by atoms with Crippen molar-refractivity contribution in [1.82, 2.24) is 10.6 Å². The van der Waals surface area contributed by atoms with Crippen LogP contribution < -0.4 is 10.6 Å². The maximum absolute atomic E-state index is 11.6. The smallest absolute Gasteiger partial charge is 0.242 e. The number of hydrogen-bond acceptors (Lipinski definition) is 4. The molecule has 1 aliphatic rings. The van der Waals surface area contributed by atoms with Crippen molar-refractivity contribution in [3.63, 3.8) is 0 Å². The van der Waals surface area contributed by atoms with Gasteiger partial charge in [0.25, 0.3) is 0 Å². The third kappa shape index (κ3) is 4.70. The molecule has 17 heavy (non-hydrogen) atoms. The quantitative estimate of drug-likeness (QED) is 0.602. The molecule has 3 N–H and O–H groups in total. The molecule has 0 aromatic rings. The van der Waals surface area contributed by atoms with Crippen LogP contribution in [-0.4, -0.2) is 48.3 Å². The van der Waals surface area contributed by atoms with Crippen molar-refractivity contribution < 1.29 is 19.4 Å². The molecule has 1 rings (SSSR count). The molecular formula is C11H20N2O4. The molecule has 0 radical (unpaired) electrons. The number of amides is 2. The number of hydrogen-bond donors (Lipinski definition) is 3. The Bertz CT molecular complexity index is 287. The van der Waals surface area contributed by atoms with E-state index >= 15 is 0 Å². The van der Waals surface area contributed by atoms with E-state index in [2.05, 4.69) is 10.6 Å². The highest BCUT2D eigenvalue weighted by Crippen LogP contribution is 2.19. The van der Waals surface area contributed by atoms with Gasteiger partial charge in [0.15, 0.2) is 0 Å². The van der Waals surface area contributed by atoms with Crippen LogP contribution in [0.15, 0.2) is 0 Å². The van der Waals surface area contributed by atoms with Gasteiger partial charge in [-0.3, -0.25) is 9.59 Å². The average Bonchev–Trinajstić information content (AvgIpc) is 2.26. The van der Waals surface area contributed by atoms with Gasteiger partial charge in [0.2, 0.25) is 11.8 Å². The van der Waals surface area contributed by atoms with E-state index in [0.717, 1.165) is 0 Å². The highest BCUT2D eigenvalue weighted by atomic mass is 16.5. The van der Waals surface area contributed by atoms with Gasteiger partial charge in [-0.05, 0) is 6.92 Å². The molecule has 1 fully saturated rings. The van der Waals surface area contributed by atoms with Crippen LogP contribution >= 0.6 is 0 Å². The van der Waals surface area contributed by atoms with Gasteiger partial charge in [-0.15, -0.1) is 0 Å². The zero-order valence-corrected chi connectivity index (χ0v) is 10.3. The van der Waals surface area contributed by atoms with Crippen molar-refractivity contribution in [2.24, 2.45) is 0 Å². The molecule has 1 unspecified atom stereocenters. The number of carbonyl (C=O) groups excluding carboxylic acids is 2. The summed E-state index contributed by atoms with van der Waals surface area (Å²) in [5, 5.41) is 15.2. The number of carbonyl (C=O) groups is 2. The van der Waals surface area contributed by atoms with Gasteiger partial charge in [-0.2, -0.15) is 0 Å². The molecule has 1 saturated heterocycles. The first-order chi connectivity index (χ1) is 7.93. The van der Waals surface area contributed by atoms with E-state index in [0.29, 0.717) is 26.1 Å². The Morgan fingerprint density at radius 1 is 1.41 bits per heavy atom. The Morgan fingerprint density at radius 2 is 2.00 bits per heavy atom. The lowest BCUT2D eigenvalue weighted by atomic mass is 9.94. The fourth-order valence-corrected chi connectivity index (χ4v) is 1.70. The summed E-state index contributed by atoms with van der Waals surface area (Å²) in [7, 11) is 0. The molecule has 0 spiro atoms. The zero-order valence-electron chi connectivity index (χ0n) is 10.3. The van der Waals surface area contributed by atoms with E-state index in [1.807, 2.05) is 0 Å². The van der Waals surface area contributed by atoms with Crippen molar-refractivity contribution in [3.05, 3.63) is 0 Å². The third-order valence-electron chi connectivity index (χ3n) is 2.83. The molecule has 98 valence electrons. The van der Waals surface area contributed by atoms with Gasteiger partial charge in [-0.25, -0.2) is 0 Å². The van der Waals surface area contributed by atoms with Crippen LogP contribution in [0, 0.1) is 0 Å². The van der Waals surface area contributed by atoms with Gasteiger partial charge in [0.1, 0.15) is 6.04 Å². The van der Waals surface area contributed by atoms with Crippen LogP contribution in [0.4, 0.5) is 0 Å². The Kier molecular flexibility index (Phi) is 4.89. The first kappa shape index (κ1) is 13.9. The summed E-state index contributed by atoms with van der Waals surface area (Å²) in [6, 6.07) is -0.587. The molecule has 0 bridgehead atoms. The molecule has 0 aromatic carbocycles. The summed E-state index contributed by atoms with van der Waals surface area (Å²) in [4.78, 5) is 22.4. The van der Waals surface area contributed by atoms with Gasteiger partial charge in [0.05, 0.1) is 5.60 Å². The molecule has 0 aliphatic carbocycles. The monoisotopic (exact) mass is 244 g/mol. The Balaban J connectivity index is 2.33. The van der Waals surface area contributed by atoms with Crippen LogP contribution in [0.2, 0.25) is 0 Å². The first-order valence-electron chi connectivity index (χ1n) is 5.78. The first-order valence-corrected chi connectivity index (χ1v) is 5.78. The second-order valence-corrected chi connectivity index (χ2v) is 4.48. The molecule has 6 heteroatoms.